The van der Waals surface area contributed by atoms with Crippen molar-refractivity contribution in [2.45, 2.75) is 107 Å². The Balaban J connectivity index is 1.24. The normalized spacial score (nSPS) is 29.5. The number of ether oxygens (including phenoxy) is 1. The first-order valence-corrected chi connectivity index (χ1v) is 18.8. The van der Waals surface area contributed by atoms with Crippen LogP contribution in [0, 0.1) is 11.8 Å². The van der Waals surface area contributed by atoms with Crippen molar-refractivity contribution in [3.63, 3.8) is 0 Å². The van der Waals surface area contributed by atoms with Crippen molar-refractivity contribution in [3.8, 4) is 0 Å². The zero-order valence-corrected chi connectivity index (χ0v) is 28.6. The van der Waals surface area contributed by atoms with Gasteiger partial charge in [0.05, 0.1) is 24.4 Å². The lowest BCUT2D eigenvalue weighted by molar-refractivity contribution is -0.142. The highest BCUT2D eigenvalue weighted by Crippen LogP contribution is 2.45. The number of fused-ring (bicyclic) bond motifs is 3. The summed E-state index contributed by atoms with van der Waals surface area (Å²) < 4.78 is 33.3. The molecule has 1 aromatic carbocycles. The van der Waals surface area contributed by atoms with Gasteiger partial charge in [-0.15, -0.1) is 6.58 Å². The molecule has 1 aromatic rings. The number of nitrogens with one attached hydrogen (secondary N) is 3. The standard InChI is InChI=1S/C35H47N5O7S/c1-4-25-18-35(25,33(43)38-48(45,46)27-14-15-27)37-31(41)29-17-26-20-40(29)32(42)30(22(2)3)36-16-9-7-5-6-8-11-23-12-10-13-24-19-39(21-28(23)24)34(44)47-26/h4,8,10-13,22,25-27,29-30,36H,1,5-7,9,14-21H2,2-3H3,(H,37,41)(H,38,43)/t25-,26-,29+,30+,35-/m1/s1. The number of carbonyl (C=O) groups excluding carboxylic acids is 4. The van der Waals surface area contributed by atoms with Gasteiger partial charge in [-0.05, 0) is 67.7 Å². The number of sulfonamides is 1. The Labute approximate surface area is 282 Å². The fraction of sp³-hybridized carbons (Fsp3) is 0.600. The summed E-state index contributed by atoms with van der Waals surface area (Å²) in [4.78, 5) is 58.2. The van der Waals surface area contributed by atoms with Gasteiger partial charge in [0.2, 0.25) is 21.8 Å². The first kappa shape index (κ1) is 34.2. The fourth-order valence-electron chi connectivity index (χ4n) is 7.16. The molecule has 48 heavy (non-hydrogen) atoms. The third-order valence-corrected chi connectivity index (χ3v) is 12.1. The predicted octanol–water partition coefficient (Wildman–Crippen LogP) is 2.98. The van der Waals surface area contributed by atoms with Crippen LogP contribution in [0.15, 0.2) is 36.9 Å². The molecule has 2 saturated carbocycles. The minimum Gasteiger partial charge on any atom is -0.444 e. The monoisotopic (exact) mass is 681 g/mol. The molecule has 3 N–H and O–H groups in total. The van der Waals surface area contributed by atoms with Gasteiger partial charge in [-0.3, -0.25) is 24.0 Å². The second-order valence-corrected chi connectivity index (χ2v) is 16.2. The highest BCUT2D eigenvalue weighted by Gasteiger charge is 2.62. The maximum absolute atomic E-state index is 14.2. The summed E-state index contributed by atoms with van der Waals surface area (Å²) in [7, 11) is -3.85. The number of carbonyl (C=O) groups is 4. The van der Waals surface area contributed by atoms with Crippen molar-refractivity contribution >= 4 is 39.9 Å². The Morgan fingerprint density at radius 2 is 1.94 bits per heavy atom. The molecule has 0 radical (unpaired) electrons. The summed E-state index contributed by atoms with van der Waals surface area (Å²) in [5.41, 5.74) is 1.74. The van der Waals surface area contributed by atoms with Crippen LogP contribution in [0.5, 0.6) is 0 Å². The molecular formula is C35H47N5O7S. The number of allylic oxidation sites excluding steroid dienone is 1. The Kier molecular flexibility index (Phi) is 9.72. The summed E-state index contributed by atoms with van der Waals surface area (Å²) in [6, 6.07) is 4.44. The van der Waals surface area contributed by atoms with E-state index in [-0.39, 0.29) is 31.2 Å². The number of hydrogen-bond acceptors (Lipinski definition) is 8. The minimum atomic E-state index is -3.85. The lowest BCUT2D eigenvalue weighted by Crippen LogP contribution is -2.58. The van der Waals surface area contributed by atoms with E-state index in [9.17, 15) is 27.6 Å². The molecule has 5 atom stereocenters. The van der Waals surface area contributed by atoms with Crippen molar-refractivity contribution in [1.29, 1.82) is 0 Å². The van der Waals surface area contributed by atoms with Gasteiger partial charge in [0.25, 0.3) is 5.91 Å². The van der Waals surface area contributed by atoms with E-state index in [1.165, 1.54) is 11.0 Å². The predicted molar refractivity (Wildman–Crippen MR) is 179 cm³/mol. The van der Waals surface area contributed by atoms with Crippen molar-refractivity contribution in [1.82, 2.24) is 25.2 Å². The molecule has 1 saturated heterocycles. The lowest BCUT2D eigenvalue weighted by atomic mass is 10.0. The second-order valence-electron chi connectivity index (χ2n) is 14.2. The maximum Gasteiger partial charge on any atom is 0.410 e. The number of benzene rings is 1. The Morgan fingerprint density at radius 1 is 1.15 bits per heavy atom. The second kappa shape index (κ2) is 13.7. The zero-order valence-electron chi connectivity index (χ0n) is 27.8. The van der Waals surface area contributed by atoms with Crippen LogP contribution in [0.1, 0.15) is 81.9 Å². The summed E-state index contributed by atoms with van der Waals surface area (Å²) >= 11 is 0. The molecule has 4 amide bonds. The van der Waals surface area contributed by atoms with E-state index in [1.807, 2.05) is 26.0 Å². The van der Waals surface area contributed by atoms with Gasteiger partial charge in [-0.2, -0.15) is 0 Å². The molecule has 3 heterocycles. The quantitative estimate of drug-likeness (QED) is 0.372. The molecule has 2 aliphatic carbocycles. The number of hydrogen-bond donors (Lipinski definition) is 3. The molecular weight excluding hydrogens is 634 g/mol. The third-order valence-electron chi connectivity index (χ3n) is 10.3. The van der Waals surface area contributed by atoms with Crippen LogP contribution in [0.4, 0.5) is 4.79 Å². The number of amides is 4. The highest BCUT2D eigenvalue weighted by atomic mass is 32.2. The van der Waals surface area contributed by atoms with E-state index in [4.69, 9.17) is 4.74 Å². The molecule has 4 bridgehead atoms. The number of rotatable bonds is 7. The van der Waals surface area contributed by atoms with Crippen molar-refractivity contribution in [2.75, 3.05) is 13.1 Å². The van der Waals surface area contributed by atoms with Gasteiger partial charge in [0, 0.05) is 18.9 Å². The van der Waals surface area contributed by atoms with Crippen LogP contribution < -0.4 is 15.4 Å². The summed E-state index contributed by atoms with van der Waals surface area (Å²) in [5.74, 6) is -2.24. The minimum absolute atomic E-state index is 0.0163. The molecule has 12 nitrogen and oxygen atoms in total. The highest BCUT2D eigenvalue weighted by molar-refractivity contribution is 7.91. The van der Waals surface area contributed by atoms with E-state index in [1.54, 1.807) is 4.90 Å². The average Bonchev–Trinajstić information content (AvgIpc) is 3.93. The van der Waals surface area contributed by atoms with Gasteiger partial charge in [0.15, 0.2) is 0 Å². The van der Waals surface area contributed by atoms with Crippen molar-refractivity contribution < 1.29 is 32.3 Å². The summed E-state index contributed by atoms with van der Waals surface area (Å²) in [6.07, 6.45) is 9.54. The summed E-state index contributed by atoms with van der Waals surface area (Å²) in [5, 5.41) is 5.60. The molecule has 6 rings (SSSR count). The average molecular weight is 682 g/mol. The first-order chi connectivity index (χ1) is 22.9. The Hall–Kier alpha value is -3.71. The van der Waals surface area contributed by atoms with Gasteiger partial charge < -0.3 is 20.3 Å². The topological polar surface area (TPSA) is 154 Å². The van der Waals surface area contributed by atoms with Crippen LogP contribution in [0.3, 0.4) is 0 Å². The SMILES string of the molecule is C=C[C@@H]1C[C@]1(NC(=O)[C@@H]1C[C@@H]2CN1C(=O)[C@H](C(C)C)NCCCCCC=Cc1cccc3c1CN(C3)C(=O)O2)C(=O)NS(=O)(=O)C1CC1. The van der Waals surface area contributed by atoms with Crippen LogP contribution in [0.2, 0.25) is 0 Å². The van der Waals surface area contributed by atoms with Crippen molar-refractivity contribution in [3.05, 3.63) is 53.6 Å². The van der Waals surface area contributed by atoms with E-state index < -0.39 is 62.8 Å². The molecule has 0 aromatic heterocycles. The molecule has 5 aliphatic rings. The van der Waals surface area contributed by atoms with Gasteiger partial charge in [-0.25, -0.2) is 13.2 Å². The van der Waals surface area contributed by atoms with E-state index in [2.05, 4.69) is 40.2 Å². The van der Waals surface area contributed by atoms with Crippen molar-refractivity contribution in [2.24, 2.45) is 11.8 Å². The van der Waals surface area contributed by atoms with Gasteiger partial charge >= 0.3 is 6.09 Å². The zero-order chi connectivity index (χ0) is 34.2. The Bertz CT molecular complexity index is 1610. The van der Waals surface area contributed by atoms with E-state index >= 15 is 0 Å². The van der Waals surface area contributed by atoms with Crippen LogP contribution in [0.25, 0.3) is 6.08 Å². The molecule has 0 unspecified atom stereocenters. The maximum atomic E-state index is 14.2. The summed E-state index contributed by atoms with van der Waals surface area (Å²) in [6.45, 7) is 9.10. The first-order valence-electron chi connectivity index (χ1n) is 17.2. The third kappa shape index (κ3) is 7.03. The van der Waals surface area contributed by atoms with Crippen LogP contribution in [-0.2, 0) is 42.2 Å². The fourth-order valence-corrected chi connectivity index (χ4v) is 8.53. The number of nitrogens with zero attached hydrogens (tertiary/aromatic N) is 2. The molecule has 3 aliphatic heterocycles. The molecule has 13 heteroatoms. The molecule has 0 spiro atoms. The van der Waals surface area contributed by atoms with Gasteiger partial charge in [0.1, 0.15) is 17.7 Å². The smallest absolute Gasteiger partial charge is 0.410 e. The lowest BCUT2D eigenvalue weighted by Gasteiger charge is -2.31. The molecule has 260 valence electrons. The van der Waals surface area contributed by atoms with E-state index in [0.717, 1.165) is 42.4 Å². The van der Waals surface area contributed by atoms with E-state index in [0.29, 0.717) is 32.5 Å². The van der Waals surface area contributed by atoms with Crippen LogP contribution in [-0.4, -0.2) is 84.1 Å². The Morgan fingerprint density at radius 3 is 2.65 bits per heavy atom. The molecule has 3 fully saturated rings. The largest absolute Gasteiger partial charge is 0.444 e. The van der Waals surface area contributed by atoms with Crippen LogP contribution >= 0.6 is 0 Å². The van der Waals surface area contributed by atoms with Gasteiger partial charge in [-0.1, -0.05) is 56.7 Å².